The van der Waals surface area contributed by atoms with Crippen LogP contribution in [0.25, 0.3) is 0 Å². The first-order valence-electron chi connectivity index (χ1n) is 6.52. The monoisotopic (exact) mass is 337 g/mol. The quantitative estimate of drug-likeness (QED) is 0.765. The number of aliphatic hydroxyl groups is 1. The Bertz CT molecular complexity index is 476. The third-order valence-corrected chi connectivity index (χ3v) is 4.45. The molecule has 0 aliphatic carbocycles. The number of hydrogen-bond donors (Lipinski definition) is 2. The molecule has 1 atom stereocenters. The van der Waals surface area contributed by atoms with Crippen molar-refractivity contribution in [1.82, 2.24) is 5.32 Å². The van der Waals surface area contributed by atoms with Gasteiger partial charge >= 0.3 is 0 Å². The molecule has 6 heteroatoms. The molecular weight excluding hydrogens is 321 g/mol. The van der Waals surface area contributed by atoms with Gasteiger partial charge in [0.05, 0.1) is 26.7 Å². The molecule has 1 aromatic carbocycles. The summed E-state index contributed by atoms with van der Waals surface area (Å²) in [5, 5.41) is 13.2. The maximum Gasteiger partial charge on any atom is 0.254 e. The van der Waals surface area contributed by atoms with Crippen molar-refractivity contribution in [2.45, 2.75) is 32.8 Å². The van der Waals surface area contributed by atoms with Crippen LogP contribution in [0.5, 0.6) is 0 Å². The zero-order valence-corrected chi connectivity index (χ0v) is 13.7. The summed E-state index contributed by atoms with van der Waals surface area (Å²) >= 11 is 17.8. The van der Waals surface area contributed by atoms with Crippen molar-refractivity contribution >= 4 is 40.7 Å². The molecule has 0 bridgehead atoms. The summed E-state index contributed by atoms with van der Waals surface area (Å²) in [5.74, 6) is -0.284. The van der Waals surface area contributed by atoms with Gasteiger partial charge in [-0.3, -0.25) is 4.79 Å². The van der Waals surface area contributed by atoms with Gasteiger partial charge in [-0.25, -0.2) is 0 Å². The second-order valence-corrected chi connectivity index (χ2v) is 5.76. The first-order chi connectivity index (χ1) is 9.42. The summed E-state index contributed by atoms with van der Waals surface area (Å²) in [6, 6.07) is 3.05. The number of carbonyl (C=O) groups is 1. The van der Waals surface area contributed by atoms with Gasteiger partial charge < -0.3 is 10.4 Å². The normalized spacial score (nSPS) is 12.6. The SMILES string of the molecule is CCC(CC)C(O)CNC(=O)c1c(Cl)ccc(Cl)c1Cl. The van der Waals surface area contributed by atoms with Crippen molar-refractivity contribution in [1.29, 1.82) is 0 Å². The van der Waals surface area contributed by atoms with E-state index in [-0.39, 0.29) is 33.1 Å². The average Bonchev–Trinajstić information content (AvgIpc) is 2.42. The summed E-state index contributed by atoms with van der Waals surface area (Å²) in [6.07, 6.45) is 1.11. The van der Waals surface area contributed by atoms with E-state index in [1.54, 1.807) is 0 Å². The highest BCUT2D eigenvalue weighted by molar-refractivity contribution is 6.46. The summed E-state index contributed by atoms with van der Waals surface area (Å²) in [5.41, 5.74) is 0.137. The molecule has 112 valence electrons. The molecule has 20 heavy (non-hydrogen) atoms. The van der Waals surface area contributed by atoms with Crippen molar-refractivity contribution in [3.63, 3.8) is 0 Å². The van der Waals surface area contributed by atoms with E-state index in [1.165, 1.54) is 12.1 Å². The maximum absolute atomic E-state index is 12.1. The lowest BCUT2D eigenvalue weighted by atomic mass is 9.96. The van der Waals surface area contributed by atoms with E-state index in [4.69, 9.17) is 34.8 Å². The molecule has 1 unspecified atom stereocenters. The number of benzene rings is 1. The Morgan fingerprint density at radius 3 is 2.30 bits per heavy atom. The number of amides is 1. The van der Waals surface area contributed by atoms with Crippen LogP contribution in [0.3, 0.4) is 0 Å². The molecule has 0 radical (unpaired) electrons. The van der Waals surface area contributed by atoms with Crippen molar-refractivity contribution in [3.05, 3.63) is 32.8 Å². The zero-order chi connectivity index (χ0) is 15.3. The van der Waals surface area contributed by atoms with Crippen LogP contribution in [-0.2, 0) is 0 Å². The largest absolute Gasteiger partial charge is 0.391 e. The number of halogens is 3. The highest BCUT2D eigenvalue weighted by atomic mass is 35.5. The Balaban J connectivity index is 2.76. The lowest BCUT2D eigenvalue weighted by Crippen LogP contribution is -2.36. The predicted molar refractivity (Wildman–Crippen MR) is 83.9 cm³/mol. The summed E-state index contributed by atoms with van der Waals surface area (Å²) in [4.78, 5) is 12.1. The number of aliphatic hydroxyl groups excluding tert-OH is 1. The molecule has 3 nitrogen and oxygen atoms in total. The molecule has 0 fully saturated rings. The minimum absolute atomic E-state index is 0.119. The fourth-order valence-electron chi connectivity index (χ4n) is 2.02. The number of rotatable bonds is 6. The van der Waals surface area contributed by atoms with Gasteiger partial charge in [0.15, 0.2) is 0 Å². The fourth-order valence-corrected chi connectivity index (χ4v) is 2.72. The van der Waals surface area contributed by atoms with Gasteiger partial charge in [0, 0.05) is 6.54 Å². The van der Waals surface area contributed by atoms with Crippen LogP contribution >= 0.6 is 34.8 Å². The van der Waals surface area contributed by atoms with Crippen molar-refractivity contribution in [2.24, 2.45) is 5.92 Å². The van der Waals surface area contributed by atoms with Crippen LogP contribution < -0.4 is 5.32 Å². The average molecular weight is 339 g/mol. The smallest absolute Gasteiger partial charge is 0.254 e. The second kappa shape index (κ2) is 8.08. The van der Waals surface area contributed by atoms with Crippen LogP contribution in [0, 0.1) is 5.92 Å². The zero-order valence-electron chi connectivity index (χ0n) is 11.4. The van der Waals surface area contributed by atoms with E-state index >= 15 is 0 Å². The highest BCUT2D eigenvalue weighted by Gasteiger charge is 2.20. The molecule has 0 aliphatic heterocycles. The van der Waals surface area contributed by atoms with Gasteiger partial charge in [-0.1, -0.05) is 61.5 Å². The summed E-state index contributed by atoms with van der Waals surface area (Å²) in [7, 11) is 0. The molecule has 2 N–H and O–H groups in total. The lowest BCUT2D eigenvalue weighted by molar-refractivity contribution is 0.0817. The van der Waals surface area contributed by atoms with Gasteiger partial charge in [-0.05, 0) is 18.1 Å². The Morgan fingerprint density at radius 1 is 1.20 bits per heavy atom. The van der Waals surface area contributed by atoms with E-state index < -0.39 is 12.0 Å². The third kappa shape index (κ3) is 4.26. The fraction of sp³-hybridized carbons (Fsp3) is 0.500. The summed E-state index contributed by atoms with van der Waals surface area (Å²) < 4.78 is 0. The molecular formula is C14H18Cl3NO2. The standard InChI is InChI=1S/C14H18Cl3NO2/c1-3-8(4-2)11(19)7-18-14(20)12-9(15)5-6-10(16)13(12)17/h5-6,8,11,19H,3-4,7H2,1-2H3,(H,18,20). The van der Waals surface area contributed by atoms with E-state index in [9.17, 15) is 9.90 Å². The van der Waals surface area contributed by atoms with Crippen LogP contribution in [-0.4, -0.2) is 23.7 Å². The topological polar surface area (TPSA) is 49.3 Å². The van der Waals surface area contributed by atoms with Gasteiger partial charge in [-0.15, -0.1) is 0 Å². The molecule has 1 rings (SSSR count). The van der Waals surface area contributed by atoms with Crippen molar-refractivity contribution in [3.8, 4) is 0 Å². The molecule has 0 spiro atoms. The molecule has 0 aliphatic rings. The van der Waals surface area contributed by atoms with E-state index in [2.05, 4.69) is 5.32 Å². The minimum Gasteiger partial charge on any atom is -0.391 e. The van der Waals surface area contributed by atoms with Crippen molar-refractivity contribution in [2.75, 3.05) is 6.54 Å². The maximum atomic E-state index is 12.1. The van der Waals surface area contributed by atoms with E-state index in [0.29, 0.717) is 0 Å². The van der Waals surface area contributed by atoms with E-state index in [1.807, 2.05) is 13.8 Å². The Hall–Kier alpha value is -0.480. The van der Waals surface area contributed by atoms with Crippen molar-refractivity contribution < 1.29 is 9.90 Å². The van der Waals surface area contributed by atoms with Gasteiger partial charge in [0.25, 0.3) is 5.91 Å². The summed E-state index contributed by atoms with van der Waals surface area (Å²) in [6.45, 7) is 4.16. The van der Waals surface area contributed by atoms with E-state index in [0.717, 1.165) is 12.8 Å². The molecule has 0 aromatic heterocycles. The Morgan fingerprint density at radius 2 is 1.75 bits per heavy atom. The van der Waals surface area contributed by atoms with Gasteiger partial charge in [0.2, 0.25) is 0 Å². The lowest BCUT2D eigenvalue weighted by Gasteiger charge is -2.20. The molecule has 0 heterocycles. The van der Waals surface area contributed by atoms with Crippen LogP contribution in [0.2, 0.25) is 15.1 Å². The van der Waals surface area contributed by atoms with Crippen LogP contribution in [0.15, 0.2) is 12.1 Å². The molecule has 0 saturated heterocycles. The minimum atomic E-state index is -0.592. The Kier molecular flexibility index (Phi) is 7.10. The van der Waals surface area contributed by atoms with Crippen LogP contribution in [0.1, 0.15) is 37.0 Å². The number of nitrogens with one attached hydrogen (secondary N) is 1. The van der Waals surface area contributed by atoms with Gasteiger partial charge in [0.1, 0.15) is 0 Å². The predicted octanol–water partition coefficient (Wildman–Crippen LogP) is 4.17. The first kappa shape index (κ1) is 17.6. The second-order valence-electron chi connectivity index (χ2n) is 4.57. The van der Waals surface area contributed by atoms with Crippen LogP contribution in [0.4, 0.5) is 0 Å². The van der Waals surface area contributed by atoms with Gasteiger partial charge in [-0.2, -0.15) is 0 Å². The first-order valence-corrected chi connectivity index (χ1v) is 7.65. The number of carbonyl (C=O) groups excluding carboxylic acids is 1. The highest BCUT2D eigenvalue weighted by Crippen LogP contribution is 2.31. The third-order valence-electron chi connectivity index (χ3n) is 3.34. The Labute approximate surface area is 134 Å². The molecule has 1 aromatic rings. The number of hydrogen-bond acceptors (Lipinski definition) is 2. The molecule has 0 saturated carbocycles. The molecule has 1 amide bonds.